The van der Waals surface area contributed by atoms with Crippen LogP contribution in [0, 0.1) is 5.92 Å². The zero-order valence-corrected chi connectivity index (χ0v) is 22.2. The summed E-state index contributed by atoms with van der Waals surface area (Å²) in [5, 5.41) is 20.2. The highest BCUT2D eigenvalue weighted by molar-refractivity contribution is 6.04. The van der Waals surface area contributed by atoms with Gasteiger partial charge < -0.3 is 15.2 Å². The number of aromatic hydroxyl groups is 1. The number of hydrogen-bond acceptors (Lipinski definition) is 6. The van der Waals surface area contributed by atoms with Crippen molar-refractivity contribution in [3.63, 3.8) is 0 Å². The second-order valence-electron chi connectivity index (χ2n) is 10.2. The molecular formula is C33H29N3O4. The number of esters is 1. The minimum absolute atomic E-state index is 0.0857. The maximum Gasteiger partial charge on any atom is 0.337 e. The number of nitrogens with one attached hydrogen (secondary N) is 2. The molecule has 7 heteroatoms. The lowest BCUT2D eigenvalue weighted by molar-refractivity contribution is 0.0600. The van der Waals surface area contributed by atoms with Crippen molar-refractivity contribution in [3.05, 3.63) is 119 Å². The summed E-state index contributed by atoms with van der Waals surface area (Å²) in [7, 11) is 1.38. The van der Waals surface area contributed by atoms with Gasteiger partial charge in [-0.25, -0.2) is 10.2 Å². The topological polar surface area (TPSA) is 100 Å². The Morgan fingerprint density at radius 1 is 0.975 bits per heavy atom. The summed E-state index contributed by atoms with van der Waals surface area (Å²) >= 11 is 0. The van der Waals surface area contributed by atoms with E-state index in [0.29, 0.717) is 17.2 Å². The Morgan fingerprint density at radius 3 is 2.45 bits per heavy atom. The van der Waals surface area contributed by atoms with E-state index in [-0.39, 0.29) is 29.2 Å². The van der Waals surface area contributed by atoms with E-state index in [0.717, 1.165) is 34.0 Å². The molecule has 1 aliphatic carbocycles. The highest BCUT2D eigenvalue weighted by atomic mass is 16.5. The molecule has 0 aromatic heterocycles. The van der Waals surface area contributed by atoms with Crippen LogP contribution in [0.2, 0.25) is 0 Å². The standard InChI is InChI=1S/C33H29N3O4/c1-19(35-36-32(38)28-17-23-6-3-4-7-24(23)18-30(28)37)22-14-15-29-27(16-22)25-8-5-9-26(25)31(34-29)20-10-12-21(13-11-20)33(39)40-2/h3-8,10-18,25-26,31,34,37H,9H2,1-2H3,(H,36,38)/b35-19-/t25-,26+,31+/m1/s1. The van der Waals surface area contributed by atoms with E-state index in [2.05, 4.69) is 40.1 Å². The molecule has 1 amide bonds. The largest absolute Gasteiger partial charge is 0.507 e. The first kappa shape index (κ1) is 25.4. The lowest BCUT2D eigenvalue weighted by atomic mass is 9.76. The minimum atomic E-state index is -0.470. The Hall–Kier alpha value is -4.91. The first-order valence-corrected chi connectivity index (χ1v) is 13.2. The Labute approximate surface area is 232 Å². The van der Waals surface area contributed by atoms with Crippen LogP contribution in [0.4, 0.5) is 5.69 Å². The first-order chi connectivity index (χ1) is 19.4. The molecule has 2 aliphatic rings. The average Bonchev–Trinajstić information content (AvgIpc) is 3.49. The van der Waals surface area contributed by atoms with E-state index >= 15 is 0 Å². The van der Waals surface area contributed by atoms with Crippen LogP contribution in [0.25, 0.3) is 10.8 Å². The molecule has 40 heavy (non-hydrogen) atoms. The van der Waals surface area contributed by atoms with Crippen molar-refractivity contribution in [2.75, 3.05) is 12.4 Å². The third kappa shape index (κ3) is 4.60. The predicted molar refractivity (Wildman–Crippen MR) is 156 cm³/mol. The van der Waals surface area contributed by atoms with Crippen molar-refractivity contribution < 1.29 is 19.4 Å². The molecule has 4 aromatic rings. The van der Waals surface area contributed by atoms with Crippen LogP contribution in [0.15, 0.2) is 96.1 Å². The van der Waals surface area contributed by atoms with E-state index in [1.54, 1.807) is 12.1 Å². The number of rotatable bonds is 5. The molecule has 0 unspecified atom stereocenters. The Balaban J connectivity index is 1.23. The monoisotopic (exact) mass is 531 g/mol. The van der Waals surface area contributed by atoms with Gasteiger partial charge >= 0.3 is 5.97 Å². The highest BCUT2D eigenvalue weighted by Crippen LogP contribution is 2.50. The number of phenolic OH excluding ortho intramolecular Hbond substituents is 1. The fourth-order valence-corrected chi connectivity index (χ4v) is 5.76. The second kappa shape index (κ2) is 10.3. The molecule has 0 bridgehead atoms. The zero-order chi connectivity index (χ0) is 27.8. The molecule has 4 aromatic carbocycles. The number of hydrogen-bond donors (Lipinski definition) is 3. The number of fused-ring (bicyclic) bond motifs is 4. The molecule has 0 saturated carbocycles. The van der Waals surface area contributed by atoms with E-state index in [9.17, 15) is 14.7 Å². The summed E-state index contributed by atoms with van der Waals surface area (Å²) < 4.78 is 4.83. The molecular weight excluding hydrogens is 502 g/mol. The number of allylic oxidation sites excluding steroid dienone is 2. The van der Waals surface area contributed by atoms with E-state index in [1.165, 1.54) is 12.7 Å². The lowest BCUT2D eigenvalue weighted by Crippen LogP contribution is -2.29. The van der Waals surface area contributed by atoms with Gasteiger partial charge in [0, 0.05) is 11.6 Å². The van der Waals surface area contributed by atoms with Crippen LogP contribution >= 0.6 is 0 Å². The van der Waals surface area contributed by atoms with Gasteiger partial charge in [-0.2, -0.15) is 5.10 Å². The smallest absolute Gasteiger partial charge is 0.337 e. The fourth-order valence-electron chi connectivity index (χ4n) is 5.76. The number of carbonyl (C=O) groups excluding carboxylic acids is 2. The molecule has 7 nitrogen and oxygen atoms in total. The third-order valence-corrected chi connectivity index (χ3v) is 7.91. The van der Waals surface area contributed by atoms with Crippen molar-refractivity contribution in [2.24, 2.45) is 11.0 Å². The SMILES string of the molecule is COC(=O)c1ccc([C@@H]2Nc3ccc(/C(C)=N\NC(=O)c4cc5ccccc5cc4O)cc3[C@@H]3C=CC[C@@H]32)cc1. The van der Waals surface area contributed by atoms with Crippen LogP contribution < -0.4 is 10.7 Å². The number of methoxy groups -OCH3 is 1. The Bertz CT molecular complexity index is 1690. The quantitative estimate of drug-likeness (QED) is 0.121. The van der Waals surface area contributed by atoms with Gasteiger partial charge in [0.2, 0.25) is 0 Å². The predicted octanol–water partition coefficient (Wildman–Crippen LogP) is 6.31. The zero-order valence-electron chi connectivity index (χ0n) is 22.2. The first-order valence-electron chi connectivity index (χ1n) is 13.2. The summed E-state index contributed by atoms with van der Waals surface area (Å²) in [5.74, 6) is -0.332. The summed E-state index contributed by atoms with van der Waals surface area (Å²) in [6, 6.07) is 24.7. The summed E-state index contributed by atoms with van der Waals surface area (Å²) in [4.78, 5) is 24.7. The second-order valence-corrected chi connectivity index (χ2v) is 10.2. The molecule has 200 valence electrons. The van der Waals surface area contributed by atoms with E-state index in [1.807, 2.05) is 61.5 Å². The average molecular weight is 532 g/mol. The maximum absolute atomic E-state index is 12.9. The van der Waals surface area contributed by atoms with Crippen LogP contribution in [-0.2, 0) is 4.74 Å². The Kier molecular flexibility index (Phi) is 6.56. The van der Waals surface area contributed by atoms with Gasteiger partial charge in [0.1, 0.15) is 5.75 Å². The molecule has 0 spiro atoms. The maximum atomic E-state index is 12.9. The summed E-state index contributed by atoms with van der Waals surface area (Å²) in [5.41, 5.74) is 8.24. The molecule has 1 heterocycles. The van der Waals surface area contributed by atoms with Gasteiger partial charge in [0.25, 0.3) is 5.91 Å². The van der Waals surface area contributed by atoms with Gasteiger partial charge in [0.05, 0.1) is 30.0 Å². The molecule has 0 saturated heterocycles. The molecule has 3 atom stereocenters. The van der Waals surface area contributed by atoms with Gasteiger partial charge in [0.15, 0.2) is 0 Å². The van der Waals surface area contributed by atoms with Gasteiger partial charge in [-0.1, -0.05) is 54.6 Å². The van der Waals surface area contributed by atoms with Crippen molar-refractivity contribution in [3.8, 4) is 5.75 Å². The van der Waals surface area contributed by atoms with E-state index < -0.39 is 5.91 Å². The van der Waals surface area contributed by atoms with Crippen LogP contribution in [0.3, 0.4) is 0 Å². The van der Waals surface area contributed by atoms with Crippen molar-refractivity contribution in [1.29, 1.82) is 0 Å². The summed E-state index contributed by atoms with van der Waals surface area (Å²) in [6.07, 6.45) is 5.44. The fraction of sp³-hybridized carbons (Fsp3) is 0.182. The molecule has 0 radical (unpaired) electrons. The van der Waals surface area contributed by atoms with Crippen molar-refractivity contribution in [1.82, 2.24) is 5.43 Å². The molecule has 0 fully saturated rings. The number of anilines is 1. The number of amides is 1. The highest BCUT2D eigenvalue weighted by Gasteiger charge is 2.38. The minimum Gasteiger partial charge on any atom is -0.507 e. The lowest BCUT2D eigenvalue weighted by Gasteiger charge is -2.37. The number of hydrazone groups is 1. The van der Waals surface area contributed by atoms with Crippen molar-refractivity contribution in [2.45, 2.75) is 25.3 Å². The molecule has 6 rings (SSSR count). The van der Waals surface area contributed by atoms with Crippen molar-refractivity contribution >= 4 is 34.0 Å². The van der Waals surface area contributed by atoms with Gasteiger partial charge in [-0.15, -0.1) is 0 Å². The Morgan fingerprint density at radius 2 is 1.70 bits per heavy atom. The molecule has 3 N–H and O–H groups in total. The van der Waals surface area contributed by atoms with Gasteiger partial charge in [-0.3, -0.25) is 4.79 Å². The summed E-state index contributed by atoms with van der Waals surface area (Å²) in [6.45, 7) is 1.85. The number of ether oxygens (including phenoxy) is 1. The molecule has 1 aliphatic heterocycles. The number of carbonyl (C=O) groups is 2. The van der Waals surface area contributed by atoms with Crippen LogP contribution in [0.1, 0.15) is 62.7 Å². The third-order valence-electron chi connectivity index (χ3n) is 7.91. The number of nitrogens with zero attached hydrogens (tertiary/aromatic N) is 1. The number of benzene rings is 4. The normalized spacial score (nSPS) is 19.4. The van der Waals surface area contributed by atoms with Crippen LogP contribution in [-0.4, -0.2) is 29.8 Å². The van der Waals surface area contributed by atoms with Gasteiger partial charge in [-0.05, 0) is 83.1 Å². The number of phenols is 1. The van der Waals surface area contributed by atoms with E-state index in [4.69, 9.17) is 4.74 Å². The van der Waals surface area contributed by atoms with Crippen LogP contribution in [0.5, 0.6) is 5.75 Å².